The molecule has 1 heterocycles. The highest BCUT2D eigenvalue weighted by atomic mass is 19.4. The Labute approximate surface area is 141 Å². The molecule has 0 saturated carbocycles. The first-order chi connectivity index (χ1) is 11.7. The highest BCUT2D eigenvalue weighted by molar-refractivity contribution is 6.11. The van der Waals surface area contributed by atoms with Crippen molar-refractivity contribution >= 4 is 17.5 Å². The van der Waals surface area contributed by atoms with Gasteiger partial charge in [0.2, 0.25) is 5.91 Å². The van der Waals surface area contributed by atoms with E-state index in [-0.39, 0.29) is 31.7 Å². The van der Waals surface area contributed by atoms with E-state index in [4.69, 9.17) is 16.9 Å². The van der Waals surface area contributed by atoms with Crippen LogP contribution in [0.5, 0.6) is 5.75 Å². The maximum atomic E-state index is 12.4. The second-order valence-corrected chi connectivity index (χ2v) is 5.34. The minimum Gasteiger partial charge on any atom is -0.406 e. The number of hydrogen-bond donors (Lipinski definition) is 1. The zero-order valence-electron chi connectivity index (χ0n) is 13.0. The molecule has 6 nitrogen and oxygen atoms in total. The summed E-state index contributed by atoms with van der Waals surface area (Å²) in [5.74, 6) is -0.382. The van der Waals surface area contributed by atoms with Crippen LogP contribution in [0.4, 0.5) is 18.9 Å². The van der Waals surface area contributed by atoms with Crippen molar-refractivity contribution in [2.24, 2.45) is 5.73 Å². The van der Waals surface area contributed by atoms with Crippen LogP contribution in [0.15, 0.2) is 24.3 Å². The van der Waals surface area contributed by atoms with Gasteiger partial charge in [0.05, 0.1) is 0 Å². The van der Waals surface area contributed by atoms with Crippen LogP contribution in [0.25, 0.3) is 0 Å². The monoisotopic (exact) mass is 356 g/mol. The molecular weight excluding hydrogens is 341 g/mol. The van der Waals surface area contributed by atoms with Gasteiger partial charge in [-0.3, -0.25) is 14.5 Å². The molecule has 1 aromatic rings. The van der Waals surface area contributed by atoms with E-state index in [2.05, 4.69) is 4.74 Å². The summed E-state index contributed by atoms with van der Waals surface area (Å²) < 4.78 is 46.3. The summed E-state index contributed by atoms with van der Waals surface area (Å²) in [6.45, 7) is 0.298. The van der Waals surface area contributed by atoms with Gasteiger partial charge in [-0.15, -0.1) is 19.6 Å². The molecular formula is C16H15F3N2O4. The van der Waals surface area contributed by atoms with Crippen LogP contribution in [-0.4, -0.2) is 36.9 Å². The van der Waals surface area contributed by atoms with Gasteiger partial charge in [0.15, 0.2) is 0 Å². The molecule has 134 valence electrons. The fourth-order valence-corrected chi connectivity index (χ4v) is 2.73. The average Bonchev–Trinajstić information content (AvgIpc) is 2.54. The second-order valence-electron chi connectivity index (χ2n) is 5.34. The Morgan fingerprint density at radius 3 is 2.48 bits per heavy atom. The van der Waals surface area contributed by atoms with E-state index in [1.807, 2.05) is 5.92 Å². The molecule has 0 spiro atoms. The Morgan fingerprint density at radius 2 is 1.96 bits per heavy atom. The summed E-state index contributed by atoms with van der Waals surface area (Å²) in [5, 5.41) is 0. The number of halogens is 3. The minimum absolute atomic E-state index is 0.0228. The van der Waals surface area contributed by atoms with Crippen molar-refractivity contribution in [3.05, 3.63) is 24.3 Å². The number of anilines is 1. The summed E-state index contributed by atoms with van der Waals surface area (Å²) in [4.78, 5) is 25.4. The van der Waals surface area contributed by atoms with Crippen LogP contribution in [0.3, 0.4) is 0 Å². The highest BCUT2D eigenvalue weighted by Gasteiger charge is 2.47. The number of amides is 2. The first-order valence-electron chi connectivity index (χ1n) is 7.24. The van der Waals surface area contributed by atoms with Crippen molar-refractivity contribution in [1.29, 1.82) is 0 Å². The molecule has 25 heavy (non-hydrogen) atoms. The molecule has 0 unspecified atom stereocenters. The molecule has 1 aromatic carbocycles. The molecule has 2 amide bonds. The molecule has 2 rings (SSSR count). The van der Waals surface area contributed by atoms with E-state index in [1.165, 1.54) is 12.1 Å². The van der Waals surface area contributed by atoms with Crippen LogP contribution in [0.1, 0.15) is 12.8 Å². The first-order valence-corrected chi connectivity index (χ1v) is 7.24. The van der Waals surface area contributed by atoms with Crippen LogP contribution in [0, 0.1) is 12.3 Å². The van der Waals surface area contributed by atoms with Crippen molar-refractivity contribution < 1.29 is 32.2 Å². The lowest BCUT2D eigenvalue weighted by Gasteiger charge is -2.42. The third kappa shape index (κ3) is 4.03. The van der Waals surface area contributed by atoms with Gasteiger partial charge in [-0.05, 0) is 18.1 Å². The Morgan fingerprint density at radius 1 is 1.32 bits per heavy atom. The molecule has 9 heteroatoms. The number of terminal acetylenes is 1. The summed E-state index contributed by atoms with van der Waals surface area (Å²) in [6, 6.07) is 4.64. The van der Waals surface area contributed by atoms with Gasteiger partial charge in [-0.1, -0.05) is 6.07 Å². The number of hydrogen-bond acceptors (Lipinski definition) is 4. The molecule has 1 aliphatic heterocycles. The van der Waals surface area contributed by atoms with Crippen LogP contribution in [0.2, 0.25) is 0 Å². The van der Waals surface area contributed by atoms with E-state index in [0.717, 1.165) is 17.0 Å². The Bertz CT molecular complexity index is 706. The zero-order chi connectivity index (χ0) is 18.7. The molecule has 0 radical (unpaired) electrons. The van der Waals surface area contributed by atoms with E-state index in [1.54, 1.807) is 0 Å². The number of primary amides is 1. The van der Waals surface area contributed by atoms with Gasteiger partial charge in [-0.2, -0.15) is 0 Å². The number of rotatable bonds is 4. The fourth-order valence-electron chi connectivity index (χ4n) is 2.73. The van der Waals surface area contributed by atoms with Crippen molar-refractivity contribution in [2.45, 2.75) is 24.7 Å². The van der Waals surface area contributed by atoms with Crippen molar-refractivity contribution in [2.75, 3.05) is 18.1 Å². The number of ether oxygens (including phenoxy) is 2. The lowest BCUT2D eigenvalue weighted by Crippen LogP contribution is -2.62. The summed E-state index contributed by atoms with van der Waals surface area (Å²) in [6.07, 6.45) is 0.416. The van der Waals surface area contributed by atoms with Gasteiger partial charge >= 0.3 is 12.3 Å². The van der Waals surface area contributed by atoms with Crippen molar-refractivity contribution in [3.63, 3.8) is 0 Å². The maximum Gasteiger partial charge on any atom is 0.573 e. The quantitative estimate of drug-likeness (QED) is 0.831. The number of benzene rings is 1. The predicted octanol–water partition coefficient (Wildman–Crippen LogP) is 1.59. The van der Waals surface area contributed by atoms with Crippen molar-refractivity contribution in [1.82, 2.24) is 0 Å². The maximum absolute atomic E-state index is 12.4. The highest BCUT2D eigenvalue weighted by Crippen LogP contribution is 2.35. The lowest BCUT2D eigenvalue weighted by atomic mass is 9.86. The van der Waals surface area contributed by atoms with E-state index < -0.39 is 29.5 Å². The largest absolute Gasteiger partial charge is 0.573 e. The smallest absolute Gasteiger partial charge is 0.406 e. The molecule has 1 fully saturated rings. The normalized spacial score (nSPS) is 16.6. The van der Waals surface area contributed by atoms with Crippen molar-refractivity contribution in [3.8, 4) is 18.1 Å². The van der Waals surface area contributed by atoms with Gasteiger partial charge in [-0.25, -0.2) is 0 Å². The molecule has 0 aliphatic carbocycles. The molecule has 2 N–H and O–H groups in total. The summed E-state index contributed by atoms with van der Waals surface area (Å²) in [7, 11) is 0. The molecule has 0 bridgehead atoms. The third-order valence-corrected chi connectivity index (χ3v) is 3.84. The minimum atomic E-state index is -4.90. The number of alkyl halides is 3. The van der Waals surface area contributed by atoms with Crippen LogP contribution in [-0.2, 0) is 14.3 Å². The molecule has 0 atom stereocenters. The Balaban J connectivity index is 2.51. The second kappa shape index (κ2) is 7.03. The van der Waals surface area contributed by atoms with Gasteiger partial charge in [0.25, 0.3) is 0 Å². The average molecular weight is 356 g/mol. The Hall–Kier alpha value is -2.73. The van der Waals surface area contributed by atoms with E-state index >= 15 is 0 Å². The van der Waals surface area contributed by atoms with E-state index in [0.29, 0.717) is 0 Å². The molecule has 0 aromatic heterocycles. The van der Waals surface area contributed by atoms with Crippen LogP contribution >= 0.6 is 0 Å². The van der Waals surface area contributed by atoms with Gasteiger partial charge < -0.3 is 15.2 Å². The summed E-state index contributed by atoms with van der Waals surface area (Å²) >= 11 is 0. The predicted molar refractivity (Wildman–Crippen MR) is 81.4 cm³/mol. The zero-order valence-corrected chi connectivity index (χ0v) is 13.0. The third-order valence-electron chi connectivity index (χ3n) is 3.84. The van der Waals surface area contributed by atoms with Gasteiger partial charge in [0.1, 0.15) is 11.3 Å². The van der Waals surface area contributed by atoms with Crippen LogP contribution < -0.4 is 15.4 Å². The number of nitrogens with zero attached hydrogens (tertiary/aromatic N) is 1. The lowest BCUT2D eigenvalue weighted by molar-refractivity contribution is -0.274. The standard InChI is InChI=1S/C16H15F3N2O4/c1-2-13(22)21(15(14(20)23)6-8-24-9-7-15)11-4-3-5-12(10-11)25-16(17,18)19/h1,3-5,10H,6-9H2,(H2,20,23). The number of carbonyl (C=O) groups is 2. The van der Waals surface area contributed by atoms with Gasteiger partial charge in [0, 0.05) is 37.8 Å². The molecule has 1 saturated heterocycles. The fraction of sp³-hybridized carbons (Fsp3) is 0.375. The topological polar surface area (TPSA) is 81.9 Å². The summed E-state index contributed by atoms with van der Waals surface area (Å²) in [5.41, 5.74) is 3.99. The number of nitrogens with two attached hydrogens (primary N) is 1. The first kappa shape index (κ1) is 18.6. The number of carbonyl (C=O) groups excluding carboxylic acids is 2. The molecule has 1 aliphatic rings. The van der Waals surface area contributed by atoms with E-state index in [9.17, 15) is 22.8 Å². The Kier molecular flexibility index (Phi) is 5.23. The SMILES string of the molecule is C#CC(=O)N(c1cccc(OC(F)(F)F)c1)C1(C(N)=O)CCOCC1.